The van der Waals surface area contributed by atoms with E-state index in [0.29, 0.717) is 35.0 Å². The van der Waals surface area contributed by atoms with Gasteiger partial charge in [0.05, 0.1) is 26.4 Å². The summed E-state index contributed by atoms with van der Waals surface area (Å²) in [6.45, 7) is 2.34. The van der Waals surface area contributed by atoms with Crippen molar-refractivity contribution in [1.29, 1.82) is 0 Å². The number of rotatable bonds is 7. The van der Waals surface area contributed by atoms with E-state index in [0.717, 1.165) is 0 Å². The van der Waals surface area contributed by atoms with Gasteiger partial charge in [0.15, 0.2) is 0 Å². The first-order valence-electron chi connectivity index (χ1n) is 7.49. The molecule has 0 aliphatic rings. The number of carboxylic acids is 1. The van der Waals surface area contributed by atoms with Crippen LogP contribution in [0.5, 0.6) is 17.2 Å². The number of aliphatic carboxylic acids is 1. The highest BCUT2D eigenvalue weighted by atomic mass is 16.5. The van der Waals surface area contributed by atoms with Crippen LogP contribution < -0.4 is 14.2 Å². The zero-order valence-corrected chi connectivity index (χ0v) is 13.9. The molecule has 5 heteroatoms. The van der Waals surface area contributed by atoms with E-state index < -0.39 is 5.97 Å². The summed E-state index contributed by atoms with van der Waals surface area (Å²) in [6, 6.07) is 12.2. The normalized spacial score (nSPS) is 11.0. The lowest BCUT2D eigenvalue weighted by Gasteiger charge is -2.11. The molecule has 0 saturated carbocycles. The second-order valence-electron chi connectivity index (χ2n) is 4.93. The summed E-state index contributed by atoms with van der Waals surface area (Å²) in [6.07, 6.45) is 1.59. The summed E-state index contributed by atoms with van der Waals surface area (Å²) >= 11 is 0. The summed E-state index contributed by atoms with van der Waals surface area (Å²) in [5.41, 5.74) is 1.43. The molecule has 0 fully saturated rings. The van der Waals surface area contributed by atoms with Crippen LogP contribution in [0.15, 0.2) is 42.5 Å². The molecule has 0 radical (unpaired) electrons. The molecule has 0 heterocycles. The number of carbonyl (C=O) groups is 1. The Morgan fingerprint density at radius 1 is 1.04 bits per heavy atom. The number of hydrogen-bond acceptors (Lipinski definition) is 4. The monoisotopic (exact) mass is 328 g/mol. The molecule has 5 nitrogen and oxygen atoms in total. The third kappa shape index (κ3) is 4.07. The van der Waals surface area contributed by atoms with Gasteiger partial charge in [-0.3, -0.25) is 0 Å². The number of carboxylic acid groups (broad SMARTS) is 1. The van der Waals surface area contributed by atoms with E-state index in [9.17, 15) is 9.90 Å². The van der Waals surface area contributed by atoms with Crippen LogP contribution in [0.4, 0.5) is 0 Å². The predicted molar refractivity (Wildman–Crippen MR) is 92.7 cm³/mol. The van der Waals surface area contributed by atoms with E-state index in [4.69, 9.17) is 14.2 Å². The van der Waals surface area contributed by atoms with Crippen molar-refractivity contribution in [3.05, 3.63) is 53.6 Å². The maximum Gasteiger partial charge on any atom is 0.336 e. The molecule has 2 rings (SSSR count). The Morgan fingerprint density at radius 3 is 2.21 bits per heavy atom. The Morgan fingerprint density at radius 2 is 1.67 bits per heavy atom. The Bertz CT molecular complexity index is 732. The molecule has 0 amide bonds. The Balaban J connectivity index is 2.48. The first-order chi connectivity index (χ1) is 11.6. The van der Waals surface area contributed by atoms with Gasteiger partial charge in [0.1, 0.15) is 17.2 Å². The van der Waals surface area contributed by atoms with Gasteiger partial charge in [0, 0.05) is 11.6 Å². The van der Waals surface area contributed by atoms with Crippen molar-refractivity contribution in [2.45, 2.75) is 6.92 Å². The van der Waals surface area contributed by atoms with Crippen molar-refractivity contribution in [2.75, 3.05) is 20.8 Å². The number of ether oxygens (including phenoxy) is 3. The highest BCUT2D eigenvalue weighted by molar-refractivity contribution is 6.20. The Kier molecular flexibility index (Phi) is 5.84. The van der Waals surface area contributed by atoms with E-state index >= 15 is 0 Å². The highest BCUT2D eigenvalue weighted by Gasteiger charge is 2.13. The summed E-state index contributed by atoms with van der Waals surface area (Å²) in [7, 11) is 3.13. The van der Waals surface area contributed by atoms with Crippen LogP contribution in [0.2, 0.25) is 0 Å². The van der Waals surface area contributed by atoms with Crippen LogP contribution in [-0.2, 0) is 4.79 Å². The first kappa shape index (κ1) is 17.4. The van der Waals surface area contributed by atoms with Crippen LogP contribution in [0, 0.1) is 0 Å². The number of hydrogen-bond donors (Lipinski definition) is 1. The van der Waals surface area contributed by atoms with E-state index in [1.807, 2.05) is 6.92 Å². The van der Waals surface area contributed by atoms with Gasteiger partial charge in [0.25, 0.3) is 0 Å². The van der Waals surface area contributed by atoms with E-state index in [1.54, 1.807) is 62.8 Å². The molecule has 2 aromatic carbocycles. The van der Waals surface area contributed by atoms with E-state index in [2.05, 4.69) is 0 Å². The first-order valence-corrected chi connectivity index (χ1v) is 7.49. The fraction of sp³-hybridized carbons (Fsp3) is 0.211. The zero-order chi connectivity index (χ0) is 17.5. The van der Waals surface area contributed by atoms with Gasteiger partial charge in [-0.2, -0.15) is 0 Å². The van der Waals surface area contributed by atoms with Crippen LogP contribution in [0.3, 0.4) is 0 Å². The predicted octanol–water partition coefficient (Wildman–Crippen LogP) is 3.73. The molecule has 0 aliphatic heterocycles. The second-order valence-corrected chi connectivity index (χ2v) is 4.93. The maximum absolute atomic E-state index is 11.7. The number of benzene rings is 2. The maximum atomic E-state index is 11.7. The lowest BCUT2D eigenvalue weighted by atomic mass is 10.0. The van der Waals surface area contributed by atoms with Crippen molar-refractivity contribution in [3.8, 4) is 17.2 Å². The Labute approximate surface area is 141 Å². The molecular weight excluding hydrogens is 308 g/mol. The molecule has 0 spiro atoms. The van der Waals surface area contributed by atoms with Crippen LogP contribution in [-0.4, -0.2) is 31.9 Å². The molecular formula is C19H20O5. The van der Waals surface area contributed by atoms with Crippen molar-refractivity contribution < 1.29 is 24.1 Å². The lowest BCUT2D eigenvalue weighted by molar-refractivity contribution is -0.130. The zero-order valence-electron chi connectivity index (χ0n) is 13.9. The molecule has 0 bridgehead atoms. The molecule has 0 unspecified atom stereocenters. The van der Waals surface area contributed by atoms with Gasteiger partial charge in [-0.1, -0.05) is 12.1 Å². The van der Waals surface area contributed by atoms with Crippen molar-refractivity contribution in [2.24, 2.45) is 0 Å². The van der Waals surface area contributed by atoms with E-state index in [-0.39, 0.29) is 5.57 Å². The average Bonchev–Trinajstić information content (AvgIpc) is 2.60. The van der Waals surface area contributed by atoms with Gasteiger partial charge in [-0.05, 0) is 42.8 Å². The van der Waals surface area contributed by atoms with Gasteiger partial charge in [-0.25, -0.2) is 4.79 Å². The summed E-state index contributed by atoms with van der Waals surface area (Å²) in [4.78, 5) is 11.7. The van der Waals surface area contributed by atoms with Crippen molar-refractivity contribution in [3.63, 3.8) is 0 Å². The smallest absolute Gasteiger partial charge is 0.336 e. The van der Waals surface area contributed by atoms with Gasteiger partial charge in [-0.15, -0.1) is 0 Å². The summed E-state index contributed by atoms with van der Waals surface area (Å²) in [5, 5.41) is 9.57. The molecule has 0 aromatic heterocycles. The minimum Gasteiger partial charge on any atom is -0.497 e. The standard InChI is InChI=1S/C19H20O5/c1-4-24-18-12-16(23-3)10-7-14(18)11-17(19(20)21)13-5-8-15(22-2)9-6-13/h5-12H,4H2,1-3H3,(H,20,21)/b17-11-. The highest BCUT2D eigenvalue weighted by Crippen LogP contribution is 2.29. The minimum absolute atomic E-state index is 0.170. The van der Waals surface area contributed by atoms with Gasteiger partial charge in [0.2, 0.25) is 0 Å². The van der Waals surface area contributed by atoms with Crippen molar-refractivity contribution >= 4 is 17.6 Å². The quantitative estimate of drug-likeness (QED) is 0.620. The lowest BCUT2D eigenvalue weighted by Crippen LogP contribution is -2.01. The molecule has 126 valence electrons. The third-order valence-corrected chi connectivity index (χ3v) is 3.45. The van der Waals surface area contributed by atoms with Gasteiger partial charge < -0.3 is 19.3 Å². The fourth-order valence-corrected chi connectivity index (χ4v) is 2.24. The largest absolute Gasteiger partial charge is 0.497 e. The summed E-state index contributed by atoms with van der Waals surface area (Å²) < 4.78 is 15.9. The topological polar surface area (TPSA) is 65.0 Å². The second kappa shape index (κ2) is 8.06. The van der Waals surface area contributed by atoms with Gasteiger partial charge >= 0.3 is 5.97 Å². The summed E-state index contributed by atoms with van der Waals surface area (Å²) in [5.74, 6) is 0.877. The Hall–Kier alpha value is -2.95. The SMILES string of the molecule is CCOc1cc(OC)ccc1/C=C(\C(=O)O)c1ccc(OC)cc1. The van der Waals surface area contributed by atoms with Crippen LogP contribution in [0.1, 0.15) is 18.1 Å². The molecule has 0 aliphatic carbocycles. The molecule has 0 atom stereocenters. The molecule has 0 saturated heterocycles. The van der Waals surface area contributed by atoms with Crippen LogP contribution >= 0.6 is 0 Å². The van der Waals surface area contributed by atoms with Crippen molar-refractivity contribution in [1.82, 2.24) is 0 Å². The molecule has 24 heavy (non-hydrogen) atoms. The third-order valence-electron chi connectivity index (χ3n) is 3.45. The van der Waals surface area contributed by atoms with Crippen LogP contribution in [0.25, 0.3) is 11.6 Å². The molecule has 1 N–H and O–H groups in total. The average molecular weight is 328 g/mol. The number of methoxy groups -OCH3 is 2. The molecule has 2 aromatic rings. The fourth-order valence-electron chi connectivity index (χ4n) is 2.24. The van der Waals surface area contributed by atoms with E-state index in [1.165, 1.54) is 0 Å². The minimum atomic E-state index is -1.02.